The van der Waals surface area contributed by atoms with E-state index in [4.69, 9.17) is 0 Å². The molecule has 0 unspecified atom stereocenters. The van der Waals surface area contributed by atoms with Crippen molar-refractivity contribution in [3.63, 3.8) is 0 Å². The second-order valence-electron chi connectivity index (χ2n) is 6.46. The van der Waals surface area contributed by atoms with Gasteiger partial charge in [0.1, 0.15) is 11.6 Å². The third kappa shape index (κ3) is 3.53. The van der Waals surface area contributed by atoms with E-state index in [1.54, 1.807) is 24.7 Å². The van der Waals surface area contributed by atoms with Gasteiger partial charge in [-0.25, -0.2) is 19.3 Å². The highest BCUT2D eigenvalue weighted by atomic mass is 19.1. The summed E-state index contributed by atoms with van der Waals surface area (Å²) in [6, 6.07) is 17.9. The fourth-order valence-electron chi connectivity index (χ4n) is 3.05. The Labute approximate surface area is 165 Å². The van der Waals surface area contributed by atoms with Gasteiger partial charge in [0, 0.05) is 35.4 Å². The molecular formula is C22H15FN6. The average Bonchev–Trinajstić information content (AvgIpc) is 3.18. The van der Waals surface area contributed by atoms with Crippen LogP contribution in [0.5, 0.6) is 0 Å². The molecule has 7 heteroatoms. The lowest BCUT2D eigenvalue weighted by molar-refractivity contribution is 0.629. The first kappa shape index (κ1) is 17.0. The van der Waals surface area contributed by atoms with Gasteiger partial charge < -0.3 is 10.3 Å². The minimum atomic E-state index is -0.297. The van der Waals surface area contributed by atoms with Crippen molar-refractivity contribution in [1.82, 2.24) is 24.9 Å². The second kappa shape index (κ2) is 7.12. The number of rotatable bonds is 4. The zero-order chi connectivity index (χ0) is 19.6. The van der Waals surface area contributed by atoms with E-state index in [9.17, 15) is 4.39 Å². The number of nitrogens with zero attached hydrogens (tertiary/aromatic N) is 4. The van der Waals surface area contributed by atoms with Crippen LogP contribution < -0.4 is 5.32 Å². The first-order chi connectivity index (χ1) is 14.2. The summed E-state index contributed by atoms with van der Waals surface area (Å²) < 4.78 is 13.4. The van der Waals surface area contributed by atoms with Crippen molar-refractivity contribution in [2.75, 3.05) is 5.32 Å². The molecule has 0 fully saturated rings. The molecule has 0 bridgehead atoms. The number of nitrogens with one attached hydrogen (secondary N) is 2. The zero-order valence-corrected chi connectivity index (χ0v) is 15.2. The van der Waals surface area contributed by atoms with Crippen molar-refractivity contribution in [3.05, 3.63) is 85.1 Å². The Morgan fingerprint density at radius 2 is 1.72 bits per heavy atom. The predicted octanol–water partition coefficient (Wildman–Crippen LogP) is 4.96. The molecule has 140 valence electrons. The van der Waals surface area contributed by atoms with E-state index in [0.717, 1.165) is 22.5 Å². The number of aromatic amines is 1. The van der Waals surface area contributed by atoms with E-state index in [1.807, 2.05) is 42.5 Å². The standard InChI is InChI=1S/C22H15FN6/c23-16-7-8-19-20(11-16)29-21(28-19)14-4-3-5-17(10-14)27-22-25-12-15(13-26-22)18-6-1-2-9-24-18/h1-13H,(H,28,29)(H,25,26,27). The lowest BCUT2D eigenvalue weighted by atomic mass is 10.2. The molecule has 6 nitrogen and oxygen atoms in total. The molecule has 29 heavy (non-hydrogen) atoms. The number of H-pyrrole nitrogens is 1. The Kier molecular flexibility index (Phi) is 4.18. The normalized spacial score (nSPS) is 10.9. The first-order valence-corrected chi connectivity index (χ1v) is 9.01. The first-order valence-electron chi connectivity index (χ1n) is 9.01. The lowest BCUT2D eigenvalue weighted by Crippen LogP contribution is -1.97. The van der Waals surface area contributed by atoms with Crippen LogP contribution in [0.3, 0.4) is 0 Å². The molecule has 0 spiro atoms. The van der Waals surface area contributed by atoms with E-state index >= 15 is 0 Å². The van der Waals surface area contributed by atoms with Crippen molar-refractivity contribution in [3.8, 4) is 22.6 Å². The van der Waals surface area contributed by atoms with Gasteiger partial charge in [0.2, 0.25) is 5.95 Å². The SMILES string of the molecule is Fc1ccc2nc(-c3cccc(Nc4ncc(-c5ccccn5)cn4)c3)[nH]c2c1. The van der Waals surface area contributed by atoms with Crippen LogP contribution in [0.25, 0.3) is 33.7 Å². The van der Waals surface area contributed by atoms with Crippen LogP contribution in [0.2, 0.25) is 0 Å². The van der Waals surface area contributed by atoms with Gasteiger partial charge in [-0.3, -0.25) is 4.98 Å². The number of imidazole rings is 1. The number of fused-ring (bicyclic) bond motifs is 1. The van der Waals surface area contributed by atoms with Gasteiger partial charge in [0.25, 0.3) is 0 Å². The van der Waals surface area contributed by atoms with Gasteiger partial charge in [-0.2, -0.15) is 0 Å². The van der Waals surface area contributed by atoms with Crippen molar-refractivity contribution in [1.29, 1.82) is 0 Å². The Hall–Kier alpha value is -4.13. The number of benzene rings is 2. The van der Waals surface area contributed by atoms with Gasteiger partial charge in [-0.05, 0) is 42.5 Å². The number of hydrogen-bond acceptors (Lipinski definition) is 5. The average molecular weight is 382 g/mol. The monoisotopic (exact) mass is 382 g/mol. The minimum Gasteiger partial charge on any atom is -0.338 e. The summed E-state index contributed by atoms with van der Waals surface area (Å²) >= 11 is 0. The maximum absolute atomic E-state index is 13.4. The third-order valence-corrected chi connectivity index (χ3v) is 4.45. The molecule has 0 radical (unpaired) electrons. The van der Waals surface area contributed by atoms with E-state index in [-0.39, 0.29) is 5.82 Å². The number of anilines is 2. The van der Waals surface area contributed by atoms with E-state index in [0.29, 0.717) is 22.8 Å². The van der Waals surface area contributed by atoms with Crippen molar-refractivity contribution >= 4 is 22.7 Å². The van der Waals surface area contributed by atoms with Gasteiger partial charge in [-0.1, -0.05) is 18.2 Å². The number of hydrogen-bond donors (Lipinski definition) is 2. The topological polar surface area (TPSA) is 79.4 Å². The van der Waals surface area contributed by atoms with Crippen molar-refractivity contribution in [2.24, 2.45) is 0 Å². The highest BCUT2D eigenvalue weighted by Crippen LogP contribution is 2.25. The molecule has 2 aromatic carbocycles. The fraction of sp³-hybridized carbons (Fsp3) is 0. The van der Waals surface area contributed by atoms with Gasteiger partial charge in [0.05, 0.1) is 16.7 Å². The van der Waals surface area contributed by atoms with Crippen LogP contribution in [0.15, 0.2) is 79.3 Å². The number of halogens is 1. The number of aromatic nitrogens is 5. The highest BCUT2D eigenvalue weighted by molar-refractivity contribution is 5.80. The molecule has 0 saturated heterocycles. The molecular weight excluding hydrogens is 367 g/mol. The molecule has 0 aliphatic heterocycles. The maximum Gasteiger partial charge on any atom is 0.227 e. The van der Waals surface area contributed by atoms with Crippen LogP contribution in [0.1, 0.15) is 0 Å². The fourth-order valence-corrected chi connectivity index (χ4v) is 3.05. The van der Waals surface area contributed by atoms with Crippen molar-refractivity contribution in [2.45, 2.75) is 0 Å². The van der Waals surface area contributed by atoms with E-state index in [1.165, 1.54) is 12.1 Å². The predicted molar refractivity (Wildman–Crippen MR) is 110 cm³/mol. The molecule has 0 saturated carbocycles. The Morgan fingerprint density at radius 3 is 2.55 bits per heavy atom. The van der Waals surface area contributed by atoms with Gasteiger partial charge >= 0.3 is 0 Å². The molecule has 2 N–H and O–H groups in total. The zero-order valence-electron chi connectivity index (χ0n) is 15.2. The summed E-state index contributed by atoms with van der Waals surface area (Å²) in [5, 5.41) is 3.19. The Bertz CT molecular complexity index is 1280. The van der Waals surface area contributed by atoms with Gasteiger partial charge in [0.15, 0.2) is 0 Å². The van der Waals surface area contributed by atoms with Crippen LogP contribution in [0.4, 0.5) is 16.0 Å². The largest absolute Gasteiger partial charge is 0.338 e. The molecule has 3 aromatic heterocycles. The van der Waals surface area contributed by atoms with Gasteiger partial charge in [-0.15, -0.1) is 0 Å². The van der Waals surface area contributed by atoms with E-state index in [2.05, 4.69) is 30.2 Å². The summed E-state index contributed by atoms with van der Waals surface area (Å²) in [7, 11) is 0. The van der Waals surface area contributed by atoms with E-state index < -0.39 is 0 Å². The van der Waals surface area contributed by atoms with Crippen LogP contribution in [0, 0.1) is 5.82 Å². The quantitative estimate of drug-likeness (QED) is 0.459. The molecule has 0 aliphatic rings. The smallest absolute Gasteiger partial charge is 0.227 e. The lowest BCUT2D eigenvalue weighted by Gasteiger charge is -2.07. The molecule has 0 atom stereocenters. The third-order valence-electron chi connectivity index (χ3n) is 4.45. The second-order valence-corrected chi connectivity index (χ2v) is 6.46. The summed E-state index contributed by atoms with van der Waals surface area (Å²) in [4.78, 5) is 20.7. The summed E-state index contributed by atoms with van der Waals surface area (Å²) in [6.45, 7) is 0. The van der Waals surface area contributed by atoms with Crippen LogP contribution >= 0.6 is 0 Å². The molecule has 5 aromatic rings. The molecule has 0 aliphatic carbocycles. The maximum atomic E-state index is 13.4. The molecule has 0 amide bonds. The Morgan fingerprint density at radius 1 is 0.828 bits per heavy atom. The molecule has 3 heterocycles. The molecule has 5 rings (SSSR count). The summed E-state index contributed by atoms with van der Waals surface area (Å²) in [6.07, 6.45) is 5.20. The highest BCUT2D eigenvalue weighted by Gasteiger charge is 2.08. The summed E-state index contributed by atoms with van der Waals surface area (Å²) in [5.74, 6) is 0.851. The minimum absolute atomic E-state index is 0.297. The summed E-state index contributed by atoms with van der Waals surface area (Å²) in [5.41, 5.74) is 4.73. The number of pyridine rings is 1. The van der Waals surface area contributed by atoms with Crippen molar-refractivity contribution < 1.29 is 4.39 Å². The Balaban J connectivity index is 1.39. The van der Waals surface area contributed by atoms with Crippen LogP contribution in [-0.4, -0.2) is 24.9 Å². The van der Waals surface area contributed by atoms with Crippen LogP contribution in [-0.2, 0) is 0 Å².